The number of nitrogens with one attached hydrogen (secondary N) is 1. The van der Waals surface area contributed by atoms with Crippen molar-refractivity contribution in [1.29, 1.82) is 0 Å². The summed E-state index contributed by atoms with van der Waals surface area (Å²) in [5, 5.41) is 4.11. The van der Waals surface area contributed by atoms with Crippen LogP contribution in [0.4, 0.5) is 5.00 Å². The molecule has 0 bridgehead atoms. The predicted octanol–water partition coefficient (Wildman–Crippen LogP) is 5.83. The molecule has 0 aliphatic heterocycles. The molecule has 2 heterocycles. The summed E-state index contributed by atoms with van der Waals surface area (Å²) in [6.45, 7) is 3.61. The maximum absolute atomic E-state index is 12.6. The number of hydrogen-bond acceptors (Lipinski definition) is 6. The van der Waals surface area contributed by atoms with Gasteiger partial charge in [0.05, 0.1) is 18.3 Å². The molecule has 3 aromatic rings. The van der Waals surface area contributed by atoms with Gasteiger partial charge in [-0.2, -0.15) is 0 Å². The van der Waals surface area contributed by atoms with Crippen LogP contribution in [0, 0.1) is 13.8 Å². The van der Waals surface area contributed by atoms with Crippen molar-refractivity contribution in [3.05, 3.63) is 54.8 Å². The van der Waals surface area contributed by atoms with Crippen LogP contribution in [0.5, 0.6) is 0 Å². The number of ether oxygens (including phenoxy) is 1. The molecule has 3 rings (SSSR count). The van der Waals surface area contributed by atoms with E-state index in [0.717, 1.165) is 4.88 Å². The lowest BCUT2D eigenvalue weighted by Crippen LogP contribution is -2.14. The van der Waals surface area contributed by atoms with E-state index in [0.29, 0.717) is 36.7 Å². The van der Waals surface area contributed by atoms with Crippen molar-refractivity contribution in [2.75, 3.05) is 12.4 Å². The summed E-state index contributed by atoms with van der Waals surface area (Å²) in [4.78, 5) is 30.5. The van der Waals surface area contributed by atoms with Gasteiger partial charge in [0, 0.05) is 26.0 Å². The lowest BCUT2D eigenvalue weighted by atomic mass is 10.0. The van der Waals surface area contributed by atoms with Crippen molar-refractivity contribution in [2.24, 2.45) is 0 Å². The zero-order chi connectivity index (χ0) is 19.7. The number of amides is 1. The van der Waals surface area contributed by atoms with E-state index in [1.165, 1.54) is 29.8 Å². The van der Waals surface area contributed by atoms with Crippen LogP contribution in [0.2, 0.25) is 10.0 Å². The zero-order valence-corrected chi connectivity index (χ0v) is 17.7. The Hall–Kier alpha value is -1.93. The van der Waals surface area contributed by atoms with Crippen molar-refractivity contribution in [2.45, 2.75) is 13.8 Å². The predicted molar refractivity (Wildman–Crippen MR) is 111 cm³/mol. The second-order valence-corrected chi connectivity index (χ2v) is 8.50. The van der Waals surface area contributed by atoms with E-state index in [1.807, 2.05) is 6.92 Å². The highest BCUT2D eigenvalue weighted by Crippen LogP contribution is 2.43. The van der Waals surface area contributed by atoms with Gasteiger partial charge in [0.1, 0.15) is 15.4 Å². The monoisotopic (exact) mass is 440 g/mol. The summed E-state index contributed by atoms with van der Waals surface area (Å²) in [5.41, 5.74) is 3.75. The summed E-state index contributed by atoms with van der Waals surface area (Å²) < 4.78 is 4.95. The number of halogens is 2. The number of esters is 1. The van der Waals surface area contributed by atoms with Crippen LogP contribution in [0.15, 0.2) is 23.7 Å². The smallest absolute Gasteiger partial charge is 0.341 e. The standard InChI is InChI=1S/C18H14Cl2N2O3S2/c1-8-15(26-7-21-8)16(23)22-17-14(18(24)25-3)13(9(2)27-17)11-5-4-10(19)6-12(11)20/h4-7H,1-3H3,(H,22,23). The first-order valence-corrected chi connectivity index (χ1v) is 10.2. The third-order valence-corrected chi connectivity index (χ3v) is 6.35. The average Bonchev–Trinajstić information content (AvgIpc) is 3.17. The molecule has 1 amide bonds. The molecule has 5 nitrogen and oxygen atoms in total. The number of anilines is 1. The van der Waals surface area contributed by atoms with Crippen LogP contribution < -0.4 is 5.32 Å². The number of carbonyl (C=O) groups is 2. The number of benzene rings is 1. The van der Waals surface area contributed by atoms with Crippen molar-refractivity contribution < 1.29 is 14.3 Å². The van der Waals surface area contributed by atoms with E-state index < -0.39 is 5.97 Å². The zero-order valence-electron chi connectivity index (χ0n) is 14.6. The van der Waals surface area contributed by atoms with Crippen molar-refractivity contribution in [3.8, 4) is 11.1 Å². The number of hydrogen-bond donors (Lipinski definition) is 1. The van der Waals surface area contributed by atoms with Gasteiger partial charge in [-0.1, -0.05) is 29.3 Å². The summed E-state index contributed by atoms with van der Waals surface area (Å²) in [7, 11) is 1.29. The quantitative estimate of drug-likeness (QED) is 0.517. The molecule has 0 aliphatic carbocycles. The summed E-state index contributed by atoms with van der Waals surface area (Å²) in [6, 6.07) is 5.04. The molecule has 27 heavy (non-hydrogen) atoms. The lowest BCUT2D eigenvalue weighted by Gasteiger charge is -2.09. The van der Waals surface area contributed by atoms with Gasteiger partial charge in [-0.3, -0.25) is 4.79 Å². The van der Waals surface area contributed by atoms with Crippen LogP contribution in [-0.2, 0) is 4.74 Å². The van der Waals surface area contributed by atoms with Crippen molar-refractivity contribution in [1.82, 2.24) is 4.98 Å². The minimum absolute atomic E-state index is 0.264. The van der Waals surface area contributed by atoms with Gasteiger partial charge in [0.15, 0.2) is 0 Å². The maximum Gasteiger partial charge on any atom is 0.341 e. The molecular weight excluding hydrogens is 427 g/mol. The SMILES string of the molecule is COC(=O)c1c(NC(=O)c2scnc2C)sc(C)c1-c1ccc(Cl)cc1Cl. The molecule has 9 heteroatoms. The highest BCUT2D eigenvalue weighted by Gasteiger charge is 2.27. The number of aromatic nitrogens is 1. The van der Waals surface area contributed by atoms with Crippen LogP contribution in [0.1, 0.15) is 30.6 Å². The van der Waals surface area contributed by atoms with Crippen LogP contribution in [0.25, 0.3) is 11.1 Å². The lowest BCUT2D eigenvalue weighted by molar-refractivity contribution is 0.0603. The molecule has 0 aliphatic rings. The number of thiophene rings is 1. The molecule has 0 saturated carbocycles. The topological polar surface area (TPSA) is 68.3 Å². The Bertz CT molecular complexity index is 1040. The number of aryl methyl sites for hydroxylation is 2. The summed E-state index contributed by atoms with van der Waals surface area (Å²) in [6.07, 6.45) is 0. The van der Waals surface area contributed by atoms with Gasteiger partial charge in [-0.25, -0.2) is 9.78 Å². The highest BCUT2D eigenvalue weighted by molar-refractivity contribution is 7.17. The fraction of sp³-hybridized carbons (Fsp3) is 0.167. The van der Waals surface area contributed by atoms with Gasteiger partial charge in [0.25, 0.3) is 5.91 Å². The van der Waals surface area contributed by atoms with Crippen LogP contribution in [-0.4, -0.2) is 24.0 Å². The minimum atomic E-state index is -0.559. The number of methoxy groups -OCH3 is 1. The summed E-state index contributed by atoms with van der Waals surface area (Å²) >= 11 is 14.9. The van der Waals surface area contributed by atoms with Gasteiger partial charge >= 0.3 is 5.97 Å². The molecular formula is C18H14Cl2N2O3S2. The molecule has 0 saturated heterocycles. The number of carbonyl (C=O) groups excluding carboxylic acids is 2. The first kappa shape index (κ1) is 19.8. The summed E-state index contributed by atoms with van der Waals surface area (Å²) in [5.74, 6) is -0.883. The Labute approximate surface area is 173 Å². The Morgan fingerprint density at radius 3 is 2.56 bits per heavy atom. The van der Waals surface area contributed by atoms with E-state index in [9.17, 15) is 9.59 Å². The Morgan fingerprint density at radius 2 is 1.96 bits per heavy atom. The first-order valence-electron chi connectivity index (χ1n) is 7.72. The third-order valence-electron chi connectivity index (χ3n) is 3.85. The molecule has 0 spiro atoms. The van der Waals surface area contributed by atoms with Crippen LogP contribution in [0.3, 0.4) is 0 Å². The van der Waals surface area contributed by atoms with E-state index in [4.69, 9.17) is 27.9 Å². The molecule has 140 valence electrons. The number of nitrogens with zero attached hydrogens (tertiary/aromatic N) is 1. The van der Waals surface area contributed by atoms with E-state index >= 15 is 0 Å². The van der Waals surface area contributed by atoms with Crippen molar-refractivity contribution in [3.63, 3.8) is 0 Å². The molecule has 0 fully saturated rings. The van der Waals surface area contributed by atoms with E-state index in [1.54, 1.807) is 30.6 Å². The van der Waals surface area contributed by atoms with E-state index in [2.05, 4.69) is 10.3 Å². The van der Waals surface area contributed by atoms with Crippen LogP contribution >= 0.6 is 45.9 Å². The molecule has 1 N–H and O–H groups in total. The van der Waals surface area contributed by atoms with Gasteiger partial charge < -0.3 is 10.1 Å². The maximum atomic E-state index is 12.6. The molecule has 0 atom stereocenters. The van der Waals surface area contributed by atoms with Gasteiger partial charge in [-0.15, -0.1) is 22.7 Å². The van der Waals surface area contributed by atoms with Crippen molar-refractivity contribution >= 4 is 62.8 Å². The Kier molecular flexibility index (Phi) is 5.86. The molecule has 0 radical (unpaired) electrons. The molecule has 1 aromatic carbocycles. The largest absolute Gasteiger partial charge is 0.465 e. The molecule has 0 unspecified atom stereocenters. The van der Waals surface area contributed by atoms with Gasteiger partial charge in [0.2, 0.25) is 0 Å². The Balaban J connectivity index is 2.12. The third kappa shape index (κ3) is 3.87. The fourth-order valence-corrected chi connectivity index (χ4v) is 4.88. The Morgan fingerprint density at radius 1 is 1.22 bits per heavy atom. The fourth-order valence-electron chi connectivity index (χ4n) is 2.63. The number of rotatable bonds is 4. The van der Waals surface area contributed by atoms with E-state index in [-0.39, 0.29) is 11.5 Å². The first-order chi connectivity index (χ1) is 12.8. The number of thiazole rings is 1. The van der Waals surface area contributed by atoms with Gasteiger partial charge in [-0.05, 0) is 26.0 Å². The highest BCUT2D eigenvalue weighted by atomic mass is 35.5. The molecule has 2 aromatic heterocycles. The second-order valence-electron chi connectivity index (χ2n) is 5.57. The average molecular weight is 441 g/mol. The second kappa shape index (κ2) is 7.98. The minimum Gasteiger partial charge on any atom is -0.465 e. The normalized spacial score (nSPS) is 10.7.